The molecule has 0 atom stereocenters. The van der Waals surface area contributed by atoms with Crippen LogP contribution >= 0.6 is 11.3 Å². The number of amides is 1. The van der Waals surface area contributed by atoms with Crippen LogP contribution in [0.5, 0.6) is 0 Å². The Morgan fingerprint density at radius 3 is 2.71 bits per heavy atom. The molecule has 0 radical (unpaired) electrons. The average molecular weight is 299 g/mol. The standard InChI is InChI=1S/C16H17N3OS/c1-12-3-5-13(6-4-12)10-19(2)11-15(20)18-16-14(9-17)7-8-21-16/h3-8H,10-11H2,1-2H3,(H,18,20). The maximum absolute atomic E-state index is 12.0. The first-order valence-electron chi connectivity index (χ1n) is 6.60. The number of likely N-dealkylation sites (N-methyl/N-ethyl adjacent to an activating group) is 1. The largest absolute Gasteiger partial charge is 0.315 e. The predicted molar refractivity (Wildman–Crippen MR) is 85.2 cm³/mol. The second kappa shape index (κ2) is 7.02. The van der Waals surface area contributed by atoms with Gasteiger partial charge in [0.2, 0.25) is 5.91 Å². The lowest BCUT2D eigenvalue weighted by Crippen LogP contribution is -2.29. The molecule has 4 nitrogen and oxygen atoms in total. The van der Waals surface area contributed by atoms with Crippen molar-refractivity contribution in [2.24, 2.45) is 0 Å². The van der Waals surface area contributed by atoms with Gasteiger partial charge in [-0.2, -0.15) is 5.26 Å². The fourth-order valence-electron chi connectivity index (χ4n) is 1.97. The number of nitriles is 1. The summed E-state index contributed by atoms with van der Waals surface area (Å²) in [5.41, 5.74) is 2.90. The number of aryl methyl sites for hydroxylation is 1. The molecule has 0 spiro atoms. The molecule has 0 saturated carbocycles. The molecule has 0 fully saturated rings. The molecule has 108 valence electrons. The second-order valence-electron chi connectivity index (χ2n) is 4.98. The first-order chi connectivity index (χ1) is 10.1. The van der Waals surface area contributed by atoms with Crippen molar-refractivity contribution < 1.29 is 4.79 Å². The van der Waals surface area contributed by atoms with Gasteiger partial charge in [-0.15, -0.1) is 11.3 Å². The molecule has 1 aromatic carbocycles. The maximum atomic E-state index is 12.0. The maximum Gasteiger partial charge on any atom is 0.239 e. The number of nitrogens with zero attached hydrogens (tertiary/aromatic N) is 2. The minimum absolute atomic E-state index is 0.108. The van der Waals surface area contributed by atoms with Crippen LogP contribution in [0.2, 0.25) is 0 Å². The predicted octanol–water partition coefficient (Wildman–Crippen LogP) is 3.00. The van der Waals surface area contributed by atoms with Crippen LogP contribution in [0.25, 0.3) is 0 Å². The lowest BCUT2D eigenvalue weighted by atomic mass is 10.1. The molecule has 0 saturated heterocycles. The third-order valence-electron chi connectivity index (χ3n) is 3.03. The van der Waals surface area contributed by atoms with Crippen LogP contribution in [0.1, 0.15) is 16.7 Å². The molecule has 1 amide bonds. The van der Waals surface area contributed by atoms with Gasteiger partial charge in [0.1, 0.15) is 11.1 Å². The summed E-state index contributed by atoms with van der Waals surface area (Å²) in [6.07, 6.45) is 0. The van der Waals surface area contributed by atoms with Gasteiger partial charge in [0.05, 0.1) is 12.1 Å². The number of rotatable bonds is 5. The summed E-state index contributed by atoms with van der Waals surface area (Å²) in [5.74, 6) is -0.108. The molecule has 1 aromatic heterocycles. The second-order valence-corrected chi connectivity index (χ2v) is 5.90. The number of carbonyl (C=O) groups excluding carboxylic acids is 1. The zero-order valence-electron chi connectivity index (χ0n) is 12.1. The molecule has 0 aliphatic rings. The highest BCUT2D eigenvalue weighted by Crippen LogP contribution is 2.21. The van der Waals surface area contributed by atoms with Crippen LogP contribution in [0, 0.1) is 18.3 Å². The van der Waals surface area contributed by atoms with Crippen molar-refractivity contribution in [2.45, 2.75) is 13.5 Å². The van der Waals surface area contributed by atoms with E-state index in [-0.39, 0.29) is 12.5 Å². The smallest absolute Gasteiger partial charge is 0.239 e. The van der Waals surface area contributed by atoms with E-state index >= 15 is 0 Å². The Balaban J connectivity index is 1.87. The highest BCUT2D eigenvalue weighted by atomic mass is 32.1. The van der Waals surface area contributed by atoms with Crippen LogP contribution in [0.3, 0.4) is 0 Å². The topological polar surface area (TPSA) is 56.1 Å². The molecule has 0 unspecified atom stereocenters. The van der Waals surface area contributed by atoms with Crippen LogP contribution < -0.4 is 5.32 Å². The Morgan fingerprint density at radius 2 is 2.05 bits per heavy atom. The quantitative estimate of drug-likeness (QED) is 0.923. The number of thiophene rings is 1. The van der Waals surface area contributed by atoms with Gasteiger partial charge in [-0.25, -0.2) is 0 Å². The van der Waals surface area contributed by atoms with Gasteiger partial charge in [-0.1, -0.05) is 29.8 Å². The van der Waals surface area contributed by atoms with E-state index in [1.807, 2.05) is 11.9 Å². The van der Waals surface area contributed by atoms with Crippen LogP contribution in [0.15, 0.2) is 35.7 Å². The van der Waals surface area contributed by atoms with Gasteiger partial charge in [-0.05, 0) is 31.0 Å². The molecule has 21 heavy (non-hydrogen) atoms. The van der Waals surface area contributed by atoms with Crippen molar-refractivity contribution in [1.82, 2.24) is 4.90 Å². The first kappa shape index (κ1) is 15.2. The number of benzene rings is 1. The van der Waals surface area contributed by atoms with E-state index in [1.165, 1.54) is 22.5 Å². The lowest BCUT2D eigenvalue weighted by molar-refractivity contribution is -0.117. The molecule has 5 heteroatoms. The fraction of sp³-hybridized carbons (Fsp3) is 0.250. The Bertz CT molecular complexity index is 655. The molecule has 0 aliphatic carbocycles. The van der Waals surface area contributed by atoms with E-state index in [0.717, 1.165) is 0 Å². The summed E-state index contributed by atoms with van der Waals surface area (Å²) in [4.78, 5) is 13.9. The zero-order valence-corrected chi connectivity index (χ0v) is 12.9. The minimum Gasteiger partial charge on any atom is -0.315 e. The summed E-state index contributed by atoms with van der Waals surface area (Å²) in [6, 6.07) is 12.0. The van der Waals surface area contributed by atoms with E-state index in [0.29, 0.717) is 17.1 Å². The summed E-state index contributed by atoms with van der Waals surface area (Å²) in [6.45, 7) is 3.05. The summed E-state index contributed by atoms with van der Waals surface area (Å²) >= 11 is 1.36. The summed E-state index contributed by atoms with van der Waals surface area (Å²) in [7, 11) is 1.90. The SMILES string of the molecule is Cc1ccc(CN(C)CC(=O)Nc2sccc2C#N)cc1. The first-order valence-corrected chi connectivity index (χ1v) is 7.48. The van der Waals surface area contributed by atoms with Crippen LogP contribution in [0.4, 0.5) is 5.00 Å². The summed E-state index contributed by atoms with van der Waals surface area (Å²) in [5, 5.41) is 14.1. The Morgan fingerprint density at radius 1 is 1.33 bits per heavy atom. The Kier molecular flexibility index (Phi) is 5.09. The van der Waals surface area contributed by atoms with Gasteiger partial charge in [0.25, 0.3) is 0 Å². The van der Waals surface area contributed by atoms with E-state index in [9.17, 15) is 4.79 Å². The molecule has 1 N–H and O–H groups in total. The van der Waals surface area contributed by atoms with Gasteiger partial charge >= 0.3 is 0 Å². The number of hydrogen-bond donors (Lipinski definition) is 1. The third-order valence-corrected chi connectivity index (χ3v) is 3.86. The normalized spacial score (nSPS) is 10.4. The van der Waals surface area contributed by atoms with Gasteiger partial charge in [0.15, 0.2) is 0 Å². The Hall–Kier alpha value is -2.16. The number of anilines is 1. The van der Waals surface area contributed by atoms with E-state index in [1.54, 1.807) is 11.4 Å². The van der Waals surface area contributed by atoms with Crippen molar-refractivity contribution in [3.8, 4) is 6.07 Å². The van der Waals surface area contributed by atoms with E-state index in [4.69, 9.17) is 5.26 Å². The van der Waals surface area contributed by atoms with Crippen LogP contribution in [-0.2, 0) is 11.3 Å². The molecule has 1 heterocycles. The Labute approximate surface area is 128 Å². The molecule has 0 bridgehead atoms. The number of nitrogens with one attached hydrogen (secondary N) is 1. The van der Waals surface area contributed by atoms with Crippen molar-refractivity contribution in [3.05, 3.63) is 52.4 Å². The zero-order chi connectivity index (χ0) is 15.2. The molecular weight excluding hydrogens is 282 g/mol. The molecule has 0 aliphatic heterocycles. The highest BCUT2D eigenvalue weighted by Gasteiger charge is 2.10. The lowest BCUT2D eigenvalue weighted by Gasteiger charge is -2.16. The van der Waals surface area contributed by atoms with Crippen molar-refractivity contribution in [2.75, 3.05) is 18.9 Å². The number of hydrogen-bond acceptors (Lipinski definition) is 4. The van der Waals surface area contributed by atoms with Gasteiger partial charge < -0.3 is 5.32 Å². The van der Waals surface area contributed by atoms with Gasteiger partial charge in [0, 0.05) is 6.54 Å². The minimum atomic E-state index is -0.108. The fourth-order valence-corrected chi connectivity index (χ4v) is 2.72. The average Bonchev–Trinajstić information content (AvgIpc) is 2.88. The van der Waals surface area contributed by atoms with Crippen molar-refractivity contribution in [3.63, 3.8) is 0 Å². The molecule has 2 rings (SSSR count). The third kappa shape index (κ3) is 4.42. The number of carbonyl (C=O) groups is 1. The van der Waals surface area contributed by atoms with Crippen molar-refractivity contribution >= 4 is 22.2 Å². The monoisotopic (exact) mass is 299 g/mol. The summed E-state index contributed by atoms with van der Waals surface area (Å²) < 4.78 is 0. The van der Waals surface area contributed by atoms with E-state index < -0.39 is 0 Å². The van der Waals surface area contributed by atoms with Crippen LogP contribution in [-0.4, -0.2) is 24.4 Å². The van der Waals surface area contributed by atoms with Crippen molar-refractivity contribution in [1.29, 1.82) is 5.26 Å². The van der Waals surface area contributed by atoms with E-state index in [2.05, 4.69) is 42.6 Å². The highest BCUT2D eigenvalue weighted by molar-refractivity contribution is 7.14. The molecular formula is C16H17N3OS. The van der Waals surface area contributed by atoms with Gasteiger partial charge in [-0.3, -0.25) is 9.69 Å². The molecule has 2 aromatic rings.